The first-order valence-electron chi connectivity index (χ1n) is 16.1. The van der Waals surface area contributed by atoms with Crippen LogP contribution in [-0.2, 0) is 11.3 Å². The maximum absolute atomic E-state index is 13.7. The van der Waals surface area contributed by atoms with Gasteiger partial charge in [0.25, 0.3) is 11.5 Å². The lowest BCUT2D eigenvalue weighted by atomic mass is 9.96. The van der Waals surface area contributed by atoms with Gasteiger partial charge in [-0.1, -0.05) is 0 Å². The third-order valence-corrected chi connectivity index (χ3v) is 9.49. The highest BCUT2D eigenvalue weighted by Gasteiger charge is 2.40. The fourth-order valence-corrected chi connectivity index (χ4v) is 7.13. The van der Waals surface area contributed by atoms with Crippen LogP contribution in [0.2, 0.25) is 0 Å². The molecule has 1 amide bonds. The number of anilines is 1. The Balaban J connectivity index is 1.29. The number of pyridine rings is 2. The number of fused-ring (bicyclic) bond motifs is 1. The highest BCUT2D eigenvalue weighted by molar-refractivity contribution is 7.80. The zero-order valence-corrected chi connectivity index (χ0v) is 28.2. The van der Waals surface area contributed by atoms with E-state index in [4.69, 9.17) is 19.2 Å². The molecule has 10 nitrogen and oxygen atoms in total. The lowest BCUT2D eigenvalue weighted by molar-refractivity contribution is -0.150. The van der Waals surface area contributed by atoms with Crippen molar-refractivity contribution in [2.75, 3.05) is 37.6 Å². The Hall–Kier alpha value is -3.75. The average molecular weight is 688 g/mol. The third-order valence-electron chi connectivity index (χ3n) is 9.09. The molecule has 6 rings (SSSR count). The molecule has 0 bridgehead atoms. The number of morpholine rings is 1. The summed E-state index contributed by atoms with van der Waals surface area (Å²) in [6, 6.07) is 7.30. The quantitative estimate of drug-likeness (QED) is 0.289. The SMILES string of the molecule is Cc1cc(S)c(CNC(=O)c2cc(-c3ccc(N4CC(C)OC(C)C4)nc3)c3c(c2C)OC(C2CCN(CC(F)(F)F)CC2)O3)c(=O)[nH]1. The standard InChI is InChI=1S/C34H40F3N5O5S/c1-18-11-27(48)26(32(44)40-18)14-39-31(43)24-12-25(23-5-6-28(38-13-23)42-15-19(2)45-20(3)16-42)30-29(21(24)4)46-33(47-30)22-7-9-41(10-8-22)17-34(35,36)37/h5-6,11-13,19-20,22,33H,7-10,14-17H2,1-4H3,(H,39,43)(H2,40,44,48). The van der Waals surface area contributed by atoms with Crippen molar-refractivity contribution in [2.24, 2.45) is 5.92 Å². The number of benzene rings is 1. The van der Waals surface area contributed by atoms with Gasteiger partial charge in [-0.3, -0.25) is 14.5 Å². The molecule has 0 aliphatic carbocycles. The number of alkyl halides is 3. The number of likely N-dealkylation sites (tertiary alicyclic amines) is 1. The van der Waals surface area contributed by atoms with Gasteiger partial charge in [-0.2, -0.15) is 13.2 Å². The van der Waals surface area contributed by atoms with Crippen molar-refractivity contribution in [3.63, 3.8) is 0 Å². The summed E-state index contributed by atoms with van der Waals surface area (Å²) in [5.74, 6) is 1.11. The zero-order chi connectivity index (χ0) is 34.3. The molecule has 2 fully saturated rings. The van der Waals surface area contributed by atoms with Crippen molar-refractivity contribution in [2.45, 2.75) is 76.7 Å². The largest absolute Gasteiger partial charge is 0.450 e. The Morgan fingerprint density at radius 1 is 1.08 bits per heavy atom. The number of piperidine rings is 1. The van der Waals surface area contributed by atoms with Crippen LogP contribution in [0.5, 0.6) is 11.5 Å². The number of carbonyl (C=O) groups excluding carboxylic acids is 1. The lowest BCUT2D eigenvalue weighted by Gasteiger charge is -2.36. The van der Waals surface area contributed by atoms with Crippen molar-refractivity contribution in [3.8, 4) is 22.6 Å². The average Bonchev–Trinajstić information content (AvgIpc) is 3.46. The molecule has 3 atom stereocenters. The van der Waals surface area contributed by atoms with Crippen molar-refractivity contribution in [1.29, 1.82) is 0 Å². The topological polar surface area (TPSA) is 109 Å². The zero-order valence-electron chi connectivity index (χ0n) is 27.3. The first-order valence-corrected chi connectivity index (χ1v) is 16.6. The van der Waals surface area contributed by atoms with Gasteiger partial charge < -0.3 is 29.4 Å². The van der Waals surface area contributed by atoms with Crippen LogP contribution in [0.3, 0.4) is 0 Å². The number of rotatable bonds is 7. The molecule has 2 aromatic heterocycles. The summed E-state index contributed by atoms with van der Waals surface area (Å²) in [4.78, 5) is 37.8. The Morgan fingerprint density at radius 3 is 2.40 bits per heavy atom. The van der Waals surface area contributed by atoms with E-state index in [-0.39, 0.29) is 43.3 Å². The number of aryl methyl sites for hydroxylation is 1. The monoisotopic (exact) mass is 687 g/mol. The molecule has 0 saturated carbocycles. The minimum absolute atomic E-state index is 0.0394. The van der Waals surface area contributed by atoms with Gasteiger partial charge in [0.15, 0.2) is 11.5 Å². The van der Waals surface area contributed by atoms with Crippen molar-refractivity contribution in [3.05, 3.63) is 63.2 Å². The van der Waals surface area contributed by atoms with E-state index in [0.717, 1.165) is 5.82 Å². The van der Waals surface area contributed by atoms with Gasteiger partial charge in [0.05, 0.1) is 18.8 Å². The fourth-order valence-electron chi connectivity index (χ4n) is 6.76. The number of thiol groups is 1. The normalized spacial score (nSPS) is 21.8. The smallest absolute Gasteiger partial charge is 0.401 e. The number of hydrogen-bond acceptors (Lipinski definition) is 9. The van der Waals surface area contributed by atoms with Gasteiger partial charge in [-0.05, 0) is 77.9 Å². The molecule has 0 radical (unpaired) electrons. The molecule has 2 N–H and O–H groups in total. The molecular weight excluding hydrogens is 647 g/mol. The number of nitrogens with one attached hydrogen (secondary N) is 2. The van der Waals surface area contributed by atoms with Crippen molar-refractivity contribution < 1.29 is 32.2 Å². The Labute approximate surface area is 282 Å². The summed E-state index contributed by atoms with van der Waals surface area (Å²) in [6.07, 6.45) is -2.17. The second kappa shape index (κ2) is 13.6. The minimum Gasteiger partial charge on any atom is -0.450 e. The van der Waals surface area contributed by atoms with E-state index in [1.807, 2.05) is 26.0 Å². The number of H-pyrrole nitrogens is 1. The minimum atomic E-state index is -4.25. The van der Waals surface area contributed by atoms with Crippen LogP contribution in [0.4, 0.5) is 19.0 Å². The molecule has 5 heterocycles. The summed E-state index contributed by atoms with van der Waals surface area (Å²) in [7, 11) is 0. The summed E-state index contributed by atoms with van der Waals surface area (Å²) >= 11 is 4.42. The summed E-state index contributed by atoms with van der Waals surface area (Å²) in [6.45, 7) is 8.56. The number of aromatic amines is 1. The number of aromatic nitrogens is 2. The molecule has 258 valence electrons. The third kappa shape index (κ3) is 7.45. The summed E-state index contributed by atoms with van der Waals surface area (Å²) in [5, 5.41) is 2.85. The van der Waals surface area contributed by atoms with E-state index in [0.29, 0.717) is 75.8 Å². The second-order valence-electron chi connectivity index (χ2n) is 13.0. The highest BCUT2D eigenvalue weighted by Crippen LogP contribution is 2.49. The fraction of sp³-hybridized carbons (Fsp3) is 0.500. The van der Waals surface area contributed by atoms with Gasteiger partial charge in [0.2, 0.25) is 6.29 Å². The van der Waals surface area contributed by atoms with Gasteiger partial charge in [0, 0.05) is 70.2 Å². The van der Waals surface area contributed by atoms with Crippen LogP contribution in [0.1, 0.15) is 53.9 Å². The number of ether oxygens (including phenoxy) is 3. The summed E-state index contributed by atoms with van der Waals surface area (Å²) in [5.41, 5.74) is 2.85. The van der Waals surface area contributed by atoms with E-state index in [9.17, 15) is 22.8 Å². The lowest BCUT2D eigenvalue weighted by Crippen LogP contribution is -2.45. The first-order chi connectivity index (χ1) is 22.8. The van der Waals surface area contributed by atoms with Crippen LogP contribution in [0.25, 0.3) is 11.1 Å². The van der Waals surface area contributed by atoms with Gasteiger partial charge in [-0.15, -0.1) is 12.6 Å². The molecule has 3 aromatic rings. The molecule has 0 spiro atoms. The Kier molecular flexibility index (Phi) is 9.69. The highest BCUT2D eigenvalue weighted by atomic mass is 32.1. The Morgan fingerprint density at radius 2 is 1.77 bits per heavy atom. The number of carbonyl (C=O) groups is 1. The van der Waals surface area contributed by atoms with Crippen LogP contribution >= 0.6 is 12.6 Å². The number of hydrogen-bond donors (Lipinski definition) is 3. The van der Waals surface area contributed by atoms with Crippen LogP contribution in [0.15, 0.2) is 40.2 Å². The van der Waals surface area contributed by atoms with Crippen LogP contribution in [0, 0.1) is 19.8 Å². The van der Waals surface area contributed by atoms with E-state index >= 15 is 0 Å². The van der Waals surface area contributed by atoms with Gasteiger partial charge in [0.1, 0.15) is 5.82 Å². The molecule has 2 saturated heterocycles. The predicted molar refractivity (Wildman–Crippen MR) is 177 cm³/mol. The van der Waals surface area contributed by atoms with Crippen molar-refractivity contribution in [1.82, 2.24) is 20.2 Å². The molecular formula is C34H40F3N5O5S. The number of nitrogens with zero attached hydrogens (tertiary/aromatic N) is 3. The van der Waals surface area contributed by atoms with Gasteiger partial charge in [-0.25, -0.2) is 4.98 Å². The van der Waals surface area contributed by atoms with E-state index in [1.165, 1.54) is 4.90 Å². The predicted octanol–water partition coefficient (Wildman–Crippen LogP) is 5.26. The molecule has 3 aliphatic rings. The molecule has 3 unspecified atom stereocenters. The van der Waals surface area contributed by atoms with E-state index in [1.54, 1.807) is 32.2 Å². The first kappa shape index (κ1) is 34.1. The van der Waals surface area contributed by atoms with E-state index < -0.39 is 24.9 Å². The van der Waals surface area contributed by atoms with Gasteiger partial charge >= 0.3 is 6.18 Å². The van der Waals surface area contributed by atoms with Crippen molar-refractivity contribution >= 4 is 24.4 Å². The maximum atomic E-state index is 13.7. The van der Waals surface area contributed by atoms with Crippen LogP contribution < -0.4 is 25.2 Å². The number of amides is 1. The van der Waals surface area contributed by atoms with E-state index in [2.05, 4.69) is 27.8 Å². The number of halogens is 3. The molecule has 48 heavy (non-hydrogen) atoms. The van der Waals surface area contributed by atoms with Crippen LogP contribution in [-0.4, -0.2) is 78.2 Å². The second-order valence-corrected chi connectivity index (χ2v) is 13.5. The maximum Gasteiger partial charge on any atom is 0.401 e. The summed E-state index contributed by atoms with van der Waals surface area (Å²) < 4.78 is 57.6. The molecule has 1 aromatic carbocycles. The molecule has 3 aliphatic heterocycles. The molecule has 14 heteroatoms. The Bertz CT molecular complexity index is 1720.